The number of ketones is 1. The summed E-state index contributed by atoms with van der Waals surface area (Å²) in [6.45, 7) is 3.93. The molecule has 0 radical (unpaired) electrons. The van der Waals surface area contributed by atoms with E-state index in [4.69, 9.17) is 4.74 Å². The minimum atomic E-state index is -0.480. The smallest absolute Gasteiger partial charge is 0.313 e. The van der Waals surface area contributed by atoms with Gasteiger partial charge in [-0.15, -0.1) is 0 Å². The maximum atomic E-state index is 12.0. The van der Waals surface area contributed by atoms with Gasteiger partial charge in [0.25, 0.3) is 0 Å². The van der Waals surface area contributed by atoms with Crippen LogP contribution in [-0.4, -0.2) is 26.0 Å². The van der Waals surface area contributed by atoms with Gasteiger partial charge in [0, 0.05) is 5.92 Å². The Morgan fingerprint density at radius 3 is 2.56 bits per heavy atom. The second-order valence-electron chi connectivity index (χ2n) is 4.53. The molecule has 4 heteroatoms. The highest BCUT2D eigenvalue weighted by Gasteiger charge is 2.23. The molecule has 1 rings (SSSR count). The standard InChI is InChI=1S/C14H20O4/c1-9-5-6-11(7-10(2)14(9)18-4)12(15)8-13(16)17-3/h7,11H,5-6,8H2,1-4H3. The molecule has 100 valence electrons. The van der Waals surface area contributed by atoms with Gasteiger partial charge in [-0.2, -0.15) is 0 Å². The number of ether oxygens (including phenoxy) is 2. The fraction of sp³-hybridized carbons (Fsp3) is 0.571. The van der Waals surface area contributed by atoms with Crippen molar-refractivity contribution in [3.8, 4) is 0 Å². The Bertz CT molecular complexity index is 404. The molecule has 0 saturated carbocycles. The van der Waals surface area contributed by atoms with Gasteiger partial charge in [-0.05, 0) is 37.8 Å². The number of carbonyl (C=O) groups is 2. The third-order valence-corrected chi connectivity index (χ3v) is 3.19. The summed E-state index contributed by atoms with van der Waals surface area (Å²) in [4.78, 5) is 23.1. The van der Waals surface area contributed by atoms with Crippen LogP contribution in [0.3, 0.4) is 0 Å². The second-order valence-corrected chi connectivity index (χ2v) is 4.53. The van der Waals surface area contributed by atoms with Crippen LogP contribution < -0.4 is 0 Å². The number of allylic oxidation sites excluding steroid dienone is 3. The van der Waals surface area contributed by atoms with Crippen molar-refractivity contribution < 1.29 is 19.1 Å². The zero-order valence-corrected chi connectivity index (χ0v) is 11.4. The van der Waals surface area contributed by atoms with Crippen molar-refractivity contribution in [2.45, 2.75) is 33.1 Å². The SMILES string of the molecule is COC(=O)CC(=O)C1C=C(C)C(OC)=C(C)CC1. The van der Waals surface area contributed by atoms with E-state index < -0.39 is 5.97 Å². The van der Waals surface area contributed by atoms with Crippen LogP contribution in [0.25, 0.3) is 0 Å². The minimum Gasteiger partial charge on any atom is -0.497 e. The Balaban J connectivity index is 2.81. The molecule has 0 saturated heterocycles. The van der Waals surface area contributed by atoms with Crippen molar-refractivity contribution in [3.63, 3.8) is 0 Å². The maximum absolute atomic E-state index is 12.0. The van der Waals surface area contributed by atoms with Gasteiger partial charge in [-0.3, -0.25) is 9.59 Å². The molecule has 0 aromatic carbocycles. The largest absolute Gasteiger partial charge is 0.497 e. The van der Waals surface area contributed by atoms with Crippen molar-refractivity contribution in [2.24, 2.45) is 5.92 Å². The van der Waals surface area contributed by atoms with E-state index in [1.165, 1.54) is 7.11 Å². The second kappa shape index (κ2) is 6.38. The van der Waals surface area contributed by atoms with Crippen LogP contribution in [0.1, 0.15) is 33.1 Å². The van der Waals surface area contributed by atoms with Crippen LogP contribution in [-0.2, 0) is 19.1 Å². The van der Waals surface area contributed by atoms with Gasteiger partial charge in [-0.1, -0.05) is 6.08 Å². The number of hydrogen-bond acceptors (Lipinski definition) is 4. The Morgan fingerprint density at radius 1 is 1.33 bits per heavy atom. The number of hydrogen-bond donors (Lipinski definition) is 0. The topological polar surface area (TPSA) is 52.6 Å². The molecule has 0 aliphatic heterocycles. The molecule has 1 aliphatic carbocycles. The van der Waals surface area contributed by atoms with E-state index >= 15 is 0 Å². The summed E-state index contributed by atoms with van der Waals surface area (Å²) in [5.74, 6) is 0.0494. The van der Waals surface area contributed by atoms with E-state index in [0.717, 1.165) is 23.3 Å². The predicted molar refractivity (Wildman–Crippen MR) is 67.8 cm³/mol. The zero-order valence-electron chi connectivity index (χ0n) is 11.4. The summed E-state index contributed by atoms with van der Waals surface area (Å²) in [5, 5.41) is 0. The molecule has 0 aromatic heterocycles. The molecule has 0 spiro atoms. The fourth-order valence-electron chi connectivity index (χ4n) is 2.22. The van der Waals surface area contributed by atoms with Crippen molar-refractivity contribution in [1.82, 2.24) is 0 Å². The molecule has 0 heterocycles. The normalized spacial score (nSPS) is 20.0. The summed E-state index contributed by atoms with van der Waals surface area (Å²) in [5.41, 5.74) is 2.09. The van der Waals surface area contributed by atoms with Crippen LogP contribution in [0.4, 0.5) is 0 Å². The van der Waals surface area contributed by atoms with Crippen LogP contribution in [0, 0.1) is 5.92 Å². The first kappa shape index (κ1) is 14.5. The van der Waals surface area contributed by atoms with Gasteiger partial charge in [0.2, 0.25) is 0 Å². The van der Waals surface area contributed by atoms with Crippen LogP contribution in [0.2, 0.25) is 0 Å². The van der Waals surface area contributed by atoms with Crippen molar-refractivity contribution in [2.75, 3.05) is 14.2 Å². The van der Waals surface area contributed by atoms with E-state index in [-0.39, 0.29) is 18.1 Å². The van der Waals surface area contributed by atoms with Gasteiger partial charge >= 0.3 is 5.97 Å². The molecule has 0 fully saturated rings. The lowest BCUT2D eigenvalue weighted by atomic mass is 9.95. The number of esters is 1. The first-order chi connectivity index (χ1) is 8.49. The van der Waals surface area contributed by atoms with Gasteiger partial charge in [0.05, 0.1) is 14.2 Å². The highest BCUT2D eigenvalue weighted by Crippen LogP contribution is 2.28. The predicted octanol–water partition coefficient (Wildman–Crippen LogP) is 2.40. The summed E-state index contributed by atoms with van der Waals surface area (Å²) in [7, 11) is 2.92. The van der Waals surface area contributed by atoms with Crippen LogP contribution in [0.15, 0.2) is 23.0 Å². The van der Waals surface area contributed by atoms with E-state index in [2.05, 4.69) is 4.74 Å². The Labute approximate surface area is 108 Å². The first-order valence-electron chi connectivity index (χ1n) is 6.01. The van der Waals surface area contributed by atoms with Crippen molar-refractivity contribution in [3.05, 3.63) is 23.0 Å². The molecule has 1 unspecified atom stereocenters. The number of rotatable bonds is 4. The summed E-state index contributed by atoms with van der Waals surface area (Å²) >= 11 is 0. The summed E-state index contributed by atoms with van der Waals surface area (Å²) in [6.07, 6.45) is 3.24. The van der Waals surface area contributed by atoms with E-state index in [1.807, 2.05) is 19.9 Å². The van der Waals surface area contributed by atoms with Gasteiger partial charge in [-0.25, -0.2) is 0 Å². The summed E-state index contributed by atoms with van der Waals surface area (Å²) in [6, 6.07) is 0. The first-order valence-corrected chi connectivity index (χ1v) is 6.01. The van der Waals surface area contributed by atoms with Crippen molar-refractivity contribution >= 4 is 11.8 Å². The summed E-state index contributed by atoms with van der Waals surface area (Å²) < 4.78 is 9.85. The molecule has 0 aromatic rings. The lowest BCUT2D eigenvalue weighted by Crippen LogP contribution is -2.17. The Hall–Kier alpha value is -1.58. The number of carbonyl (C=O) groups excluding carboxylic acids is 2. The number of methoxy groups -OCH3 is 2. The molecule has 18 heavy (non-hydrogen) atoms. The zero-order chi connectivity index (χ0) is 13.7. The van der Waals surface area contributed by atoms with Gasteiger partial charge in [0.15, 0.2) is 5.78 Å². The maximum Gasteiger partial charge on any atom is 0.313 e. The molecule has 1 aliphatic rings. The monoisotopic (exact) mass is 252 g/mol. The molecule has 4 nitrogen and oxygen atoms in total. The average Bonchev–Trinajstić information content (AvgIpc) is 2.48. The molecular formula is C14H20O4. The highest BCUT2D eigenvalue weighted by molar-refractivity contribution is 5.97. The van der Waals surface area contributed by atoms with Crippen LogP contribution >= 0.6 is 0 Å². The third-order valence-electron chi connectivity index (χ3n) is 3.19. The fourth-order valence-corrected chi connectivity index (χ4v) is 2.22. The molecule has 0 N–H and O–H groups in total. The van der Waals surface area contributed by atoms with Crippen LogP contribution in [0.5, 0.6) is 0 Å². The molecule has 0 bridgehead atoms. The molecule has 0 amide bonds. The minimum absolute atomic E-state index is 0.0913. The lowest BCUT2D eigenvalue weighted by Gasteiger charge is -2.09. The molecular weight excluding hydrogens is 232 g/mol. The number of Topliss-reactive ketones (excluding diaryl/α,β-unsaturated/α-hetero) is 1. The van der Waals surface area contributed by atoms with E-state index in [0.29, 0.717) is 6.42 Å². The average molecular weight is 252 g/mol. The van der Waals surface area contributed by atoms with Gasteiger partial charge in [0.1, 0.15) is 12.2 Å². The highest BCUT2D eigenvalue weighted by atomic mass is 16.5. The van der Waals surface area contributed by atoms with Crippen molar-refractivity contribution in [1.29, 1.82) is 0 Å². The third kappa shape index (κ3) is 3.45. The lowest BCUT2D eigenvalue weighted by molar-refractivity contribution is -0.143. The quantitative estimate of drug-likeness (QED) is 0.569. The van der Waals surface area contributed by atoms with E-state index in [9.17, 15) is 9.59 Å². The molecule has 1 atom stereocenters. The van der Waals surface area contributed by atoms with Gasteiger partial charge < -0.3 is 9.47 Å². The van der Waals surface area contributed by atoms with E-state index in [1.54, 1.807) is 7.11 Å². The Morgan fingerprint density at radius 2 is 2.00 bits per heavy atom. The Kier molecular flexibility index (Phi) is 5.13.